The average Bonchev–Trinajstić information content (AvgIpc) is 2.99. The third-order valence-electron chi connectivity index (χ3n) is 3.00. The fraction of sp³-hybridized carbons (Fsp3) is 0. The van der Waals surface area contributed by atoms with Crippen LogP contribution < -0.4 is 5.32 Å². The number of carbonyl (C=O) groups excluding carboxylic acids is 1. The number of para-hydroxylation sites is 1. The first kappa shape index (κ1) is 14.2. The Kier molecular flexibility index (Phi) is 3.84. The van der Waals surface area contributed by atoms with E-state index in [1.165, 1.54) is 24.5 Å². The van der Waals surface area contributed by atoms with Crippen LogP contribution in [0.5, 0.6) is 0 Å². The zero-order valence-electron chi connectivity index (χ0n) is 11.2. The maximum atomic E-state index is 13.4. The van der Waals surface area contributed by atoms with Crippen LogP contribution in [0.4, 0.5) is 10.3 Å². The molecule has 5 nitrogen and oxygen atoms in total. The lowest BCUT2D eigenvalue weighted by molar-refractivity contribution is 0.102. The molecule has 110 valence electrons. The van der Waals surface area contributed by atoms with Gasteiger partial charge < -0.3 is 0 Å². The molecule has 0 saturated heterocycles. The van der Waals surface area contributed by atoms with E-state index in [-0.39, 0.29) is 16.5 Å². The zero-order valence-corrected chi connectivity index (χ0v) is 12.0. The Balaban J connectivity index is 1.90. The molecule has 0 saturated carbocycles. The standard InChI is InChI=1S/C15H10ClFN4O/c16-13-11(7-4-8-12(13)17)14(22)19-15-20-18-9-21(15)10-5-2-1-3-6-10/h1-9H,(H,19,20,22). The van der Waals surface area contributed by atoms with Crippen LogP contribution in [0.15, 0.2) is 54.9 Å². The monoisotopic (exact) mass is 316 g/mol. The molecule has 1 heterocycles. The highest BCUT2D eigenvalue weighted by atomic mass is 35.5. The van der Waals surface area contributed by atoms with E-state index in [4.69, 9.17) is 11.6 Å². The molecular formula is C15H10ClFN4O. The average molecular weight is 317 g/mol. The lowest BCUT2D eigenvalue weighted by Gasteiger charge is -2.08. The van der Waals surface area contributed by atoms with Crippen LogP contribution in [-0.4, -0.2) is 20.7 Å². The van der Waals surface area contributed by atoms with Gasteiger partial charge in [0, 0.05) is 0 Å². The molecule has 22 heavy (non-hydrogen) atoms. The van der Waals surface area contributed by atoms with Crippen molar-refractivity contribution in [3.8, 4) is 5.69 Å². The van der Waals surface area contributed by atoms with Gasteiger partial charge in [-0.15, -0.1) is 10.2 Å². The predicted octanol–water partition coefficient (Wildman–Crippen LogP) is 3.31. The van der Waals surface area contributed by atoms with Crippen molar-refractivity contribution in [3.05, 3.63) is 71.3 Å². The number of aromatic nitrogens is 3. The van der Waals surface area contributed by atoms with E-state index in [2.05, 4.69) is 15.5 Å². The van der Waals surface area contributed by atoms with E-state index < -0.39 is 11.7 Å². The molecule has 2 aromatic carbocycles. The van der Waals surface area contributed by atoms with Crippen molar-refractivity contribution in [1.82, 2.24) is 14.8 Å². The largest absolute Gasteiger partial charge is 0.290 e. The van der Waals surface area contributed by atoms with Gasteiger partial charge in [-0.2, -0.15) is 0 Å². The van der Waals surface area contributed by atoms with Crippen molar-refractivity contribution in [2.24, 2.45) is 0 Å². The lowest BCUT2D eigenvalue weighted by atomic mass is 10.2. The van der Waals surface area contributed by atoms with Crippen LogP contribution in [0.1, 0.15) is 10.4 Å². The number of carbonyl (C=O) groups is 1. The lowest BCUT2D eigenvalue weighted by Crippen LogP contribution is -2.16. The molecule has 3 rings (SSSR count). The van der Waals surface area contributed by atoms with E-state index in [0.29, 0.717) is 0 Å². The molecule has 0 fully saturated rings. The first-order chi connectivity index (χ1) is 10.7. The van der Waals surface area contributed by atoms with Crippen LogP contribution in [0.2, 0.25) is 5.02 Å². The third-order valence-corrected chi connectivity index (χ3v) is 3.39. The minimum absolute atomic E-state index is 0.0317. The summed E-state index contributed by atoms with van der Waals surface area (Å²) in [5.74, 6) is -0.995. The number of nitrogens with one attached hydrogen (secondary N) is 1. The normalized spacial score (nSPS) is 10.5. The molecule has 0 spiro atoms. The molecule has 1 N–H and O–H groups in total. The van der Waals surface area contributed by atoms with E-state index >= 15 is 0 Å². The molecule has 3 aromatic rings. The van der Waals surface area contributed by atoms with Crippen molar-refractivity contribution in [2.75, 3.05) is 5.32 Å². The maximum Gasteiger partial charge on any atom is 0.259 e. The van der Waals surface area contributed by atoms with Gasteiger partial charge in [0.25, 0.3) is 5.91 Å². The topological polar surface area (TPSA) is 59.8 Å². The number of hydrogen-bond donors (Lipinski definition) is 1. The van der Waals surface area contributed by atoms with Crippen molar-refractivity contribution < 1.29 is 9.18 Å². The molecule has 0 radical (unpaired) electrons. The van der Waals surface area contributed by atoms with Gasteiger partial charge in [0.2, 0.25) is 5.95 Å². The molecule has 0 aliphatic rings. The second-order valence-electron chi connectivity index (χ2n) is 4.42. The summed E-state index contributed by atoms with van der Waals surface area (Å²) in [6, 6.07) is 13.3. The number of nitrogens with zero attached hydrogens (tertiary/aromatic N) is 3. The highest BCUT2D eigenvalue weighted by molar-refractivity contribution is 6.34. The fourth-order valence-corrected chi connectivity index (χ4v) is 2.16. The maximum absolute atomic E-state index is 13.4. The molecule has 1 aromatic heterocycles. The van der Waals surface area contributed by atoms with Gasteiger partial charge in [0.1, 0.15) is 12.1 Å². The van der Waals surface area contributed by atoms with Crippen LogP contribution in [0, 0.1) is 5.82 Å². The van der Waals surface area contributed by atoms with E-state index in [1.54, 1.807) is 4.57 Å². The Morgan fingerprint density at radius 3 is 2.68 bits per heavy atom. The van der Waals surface area contributed by atoms with Crippen molar-refractivity contribution in [2.45, 2.75) is 0 Å². The minimum Gasteiger partial charge on any atom is -0.290 e. The van der Waals surface area contributed by atoms with E-state index in [9.17, 15) is 9.18 Å². The molecule has 0 aliphatic heterocycles. The van der Waals surface area contributed by atoms with Gasteiger partial charge in [-0.1, -0.05) is 35.9 Å². The number of rotatable bonds is 3. The number of hydrogen-bond acceptors (Lipinski definition) is 3. The number of amides is 1. The van der Waals surface area contributed by atoms with Gasteiger partial charge in [0.15, 0.2) is 0 Å². The molecule has 0 bridgehead atoms. The summed E-state index contributed by atoms with van der Waals surface area (Å²) < 4.78 is 15.0. The summed E-state index contributed by atoms with van der Waals surface area (Å²) in [4.78, 5) is 12.2. The van der Waals surface area contributed by atoms with E-state index in [0.717, 1.165) is 5.69 Å². The molecular weight excluding hydrogens is 307 g/mol. The second kappa shape index (κ2) is 5.95. The Hall–Kier alpha value is -2.73. The summed E-state index contributed by atoms with van der Waals surface area (Å²) >= 11 is 5.81. The number of anilines is 1. The van der Waals surface area contributed by atoms with Gasteiger partial charge in [0.05, 0.1) is 16.3 Å². The Morgan fingerprint density at radius 2 is 1.91 bits per heavy atom. The highest BCUT2D eigenvalue weighted by Crippen LogP contribution is 2.21. The molecule has 0 unspecified atom stereocenters. The smallest absolute Gasteiger partial charge is 0.259 e. The van der Waals surface area contributed by atoms with Gasteiger partial charge in [-0.3, -0.25) is 14.7 Å². The molecule has 0 aliphatic carbocycles. The summed E-state index contributed by atoms with van der Waals surface area (Å²) in [5.41, 5.74) is 0.817. The number of benzene rings is 2. The SMILES string of the molecule is O=C(Nc1nncn1-c1ccccc1)c1cccc(F)c1Cl. The van der Waals surface area contributed by atoms with Crippen LogP contribution in [0.3, 0.4) is 0 Å². The fourth-order valence-electron chi connectivity index (χ4n) is 1.95. The first-order valence-electron chi connectivity index (χ1n) is 6.37. The van der Waals surface area contributed by atoms with Crippen molar-refractivity contribution >= 4 is 23.5 Å². The number of halogens is 2. The van der Waals surface area contributed by atoms with Crippen LogP contribution in [-0.2, 0) is 0 Å². The van der Waals surface area contributed by atoms with Crippen LogP contribution >= 0.6 is 11.6 Å². The minimum atomic E-state index is -0.654. The molecule has 1 amide bonds. The van der Waals surface area contributed by atoms with Crippen molar-refractivity contribution in [3.63, 3.8) is 0 Å². The second-order valence-corrected chi connectivity index (χ2v) is 4.79. The zero-order chi connectivity index (χ0) is 15.5. The van der Waals surface area contributed by atoms with Crippen LogP contribution in [0.25, 0.3) is 5.69 Å². The molecule has 0 atom stereocenters. The summed E-state index contributed by atoms with van der Waals surface area (Å²) in [5, 5.41) is 9.97. The quantitative estimate of drug-likeness (QED) is 0.806. The Morgan fingerprint density at radius 1 is 1.14 bits per heavy atom. The van der Waals surface area contributed by atoms with Gasteiger partial charge in [-0.05, 0) is 24.3 Å². The first-order valence-corrected chi connectivity index (χ1v) is 6.75. The summed E-state index contributed by atoms with van der Waals surface area (Å²) in [6.07, 6.45) is 1.47. The van der Waals surface area contributed by atoms with Gasteiger partial charge >= 0.3 is 0 Å². The predicted molar refractivity (Wildman–Crippen MR) is 80.7 cm³/mol. The van der Waals surface area contributed by atoms with Gasteiger partial charge in [-0.25, -0.2) is 4.39 Å². The summed E-state index contributed by atoms with van der Waals surface area (Å²) in [6.45, 7) is 0. The highest BCUT2D eigenvalue weighted by Gasteiger charge is 2.16. The Bertz CT molecular complexity index is 819. The van der Waals surface area contributed by atoms with E-state index in [1.807, 2.05) is 30.3 Å². The third kappa shape index (κ3) is 2.68. The Labute approximate surface area is 130 Å². The summed E-state index contributed by atoms with van der Waals surface area (Å²) in [7, 11) is 0. The van der Waals surface area contributed by atoms with Crippen molar-refractivity contribution in [1.29, 1.82) is 0 Å². The molecule has 7 heteroatoms.